The summed E-state index contributed by atoms with van der Waals surface area (Å²) in [6, 6.07) is 6.58. The topological polar surface area (TPSA) is 48.1 Å². The van der Waals surface area contributed by atoms with E-state index in [1.807, 2.05) is 6.07 Å². The Bertz CT molecular complexity index is 634. The van der Waals surface area contributed by atoms with Crippen LogP contribution in [0.3, 0.4) is 0 Å². The quantitative estimate of drug-likeness (QED) is 0.749. The second-order valence-electron chi connectivity index (χ2n) is 4.81. The Balaban J connectivity index is 1.93. The van der Waals surface area contributed by atoms with Crippen molar-refractivity contribution in [2.24, 2.45) is 5.73 Å². The maximum absolute atomic E-state index is 12.6. The van der Waals surface area contributed by atoms with Crippen molar-refractivity contribution in [3.05, 3.63) is 57.4 Å². The summed E-state index contributed by atoms with van der Waals surface area (Å²) in [5, 5.41) is 0. The van der Waals surface area contributed by atoms with Crippen LogP contribution in [0.25, 0.3) is 0 Å². The van der Waals surface area contributed by atoms with Crippen LogP contribution in [0.5, 0.6) is 5.75 Å². The lowest BCUT2D eigenvalue weighted by molar-refractivity contribution is -0.137. The minimum absolute atomic E-state index is 0.206. The lowest BCUT2D eigenvalue weighted by Gasteiger charge is -2.14. The molecule has 0 amide bonds. The smallest absolute Gasteiger partial charge is 0.416 e. The fourth-order valence-corrected chi connectivity index (χ4v) is 2.38. The number of hydrogen-bond acceptors (Lipinski definition) is 3. The number of alkyl halides is 3. The summed E-state index contributed by atoms with van der Waals surface area (Å²) < 4.78 is 44.4. The molecular weight excluding hydrogens is 408 g/mol. The van der Waals surface area contributed by atoms with Crippen LogP contribution in [0, 0.1) is 3.57 Å². The monoisotopic (exact) mass is 422 g/mol. The number of benzene rings is 1. The molecule has 0 bridgehead atoms. The first-order valence-corrected chi connectivity index (χ1v) is 7.57. The minimum atomic E-state index is -4.34. The first-order chi connectivity index (χ1) is 10.3. The van der Waals surface area contributed by atoms with Crippen LogP contribution in [0.4, 0.5) is 13.2 Å². The van der Waals surface area contributed by atoms with Gasteiger partial charge in [-0.2, -0.15) is 13.2 Å². The van der Waals surface area contributed by atoms with Crippen LogP contribution in [0.15, 0.2) is 42.7 Å². The summed E-state index contributed by atoms with van der Waals surface area (Å²) in [4.78, 5) is 3.99. The number of hydrogen-bond donors (Lipinski definition) is 1. The highest BCUT2D eigenvalue weighted by molar-refractivity contribution is 14.1. The summed E-state index contributed by atoms with van der Waals surface area (Å²) >= 11 is 2.11. The number of ether oxygens (including phenoxy) is 1. The molecule has 2 aromatic rings. The van der Waals surface area contributed by atoms with Gasteiger partial charge < -0.3 is 10.5 Å². The Hall–Kier alpha value is -1.35. The molecule has 3 nitrogen and oxygen atoms in total. The predicted molar refractivity (Wildman–Crippen MR) is 85.6 cm³/mol. The van der Waals surface area contributed by atoms with Gasteiger partial charge in [0, 0.05) is 15.8 Å². The lowest BCUT2D eigenvalue weighted by Crippen LogP contribution is -2.30. The van der Waals surface area contributed by atoms with Crippen molar-refractivity contribution in [2.45, 2.75) is 18.6 Å². The second-order valence-corrected chi connectivity index (χ2v) is 6.06. The van der Waals surface area contributed by atoms with E-state index in [1.165, 1.54) is 6.07 Å². The first-order valence-electron chi connectivity index (χ1n) is 6.49. The molecule has 0 saturated heterocycles. The number of nitrogens with two attached hydrogens (primary N) is 1. The van der Waals surface area contributed by atoms with Gasteiger partial charge in [0.1, 0.15) is 12.4 Å². The molecule has 2 rings (SSSR count). The van der Waals surface area contributed by atoms with E-state index in [0.29, 0.717) is 17.7 Å². The van der Waals surface area contributed by atoms with Crippen LogP contribution in [0.2, 0.25) is 0 Å². The number of aromatic nitrogens is 1. The minimum Gasteiger partial charge on any atom is -0.490 e. The van der Waals surface area contributed by atoms with Crippen molar-refractivity contribution in [3.63, 3.8) is 0 Å². The van der Waals surface area contributed by atoms with E-state index in [2.05, 4.69) is 27.6 Å². The molecule has 22 heavy (non-hydrogen) atoms. The van der Waals surface area contributed by atoms with Gasteiger partial charge in [0.2, 0.25) is 0 Å². The van der Waals surface area contributed by atoms with Crippen molar-refractivity contribution >= 4 is 22.6 Å². The predicted octanol–water partition coefficient (Wildman–Crippen LogP) is 3.65. The molecule has 0 fully saturated rings. The van der Waals surface area contributed by atoms with Gasteiger partial charge in [-0.1, -0.05) is 18.2 Å². The number of rotatable bonds is 5. The molecule has 0 aliphatic heterocycles. The molecule has 118 valence electrons. The second kappa shape index (κ2) is 7.28. The van der Waals surface area contributed by atoms with E-state index >= 15 is 0 Å². The van der Waals surface area contributed by atoms with Gasteiger partial charge in [0.25, 0.3) is 0 Å². The zero-order chi connectivity index (χ0) is 16.2. The molecule has 1 heterocycles. The molecule has 0 aliphatic rings. The average molecular weight is 422 g/mol. The molecule has 0 aliphatic carbocycles. The van der Waals surface area contributed by atoms with E-state index < -0.39 is 17.8 Å². The van der Waals surface area contributed by atoms with Crippen LogP contribution in [-0.2, 0) is 12.6 Å². The SMILES string of the molecule is N[C@H](COc1cncc(I)c1)Cc1cccc(C(F)(F)F)c1. The Morgan fingerprint density at radius 1 is 1.23 bits per heavy atom. The molecule has 7 heteroatoms. The molecular formula is C15H14F3IN2O. The van der Waals surface area contributed by atoms with Crippen molar-refractivity contribution in [3.8, 4) is 5.75 Å². The van der Waals surface area contributed by atoms with E-state index in [-0.39, 0.29) is 6.61 Å². The fourth-order valence-electron chi connectivity index (χ4n) is 1.91. The maximum Gasteiger partial charge on any atom is 0.416 e. The third-order valence-electron chi connectivity index (χ3n) is 2.90. The van der Waals surface area contributed by atoms with Gasteiger partial charge in [-0.05, 0) is 46.7 Å². The molecule has 2 N–H and O–H groups in total. The summed E-state index contributed by atoms with van der Waals surface area (Å²) in [5.41, 5.74) is 5.79. The summed E-state index contributed by atoms with van der Waals surface area (Å²) in [7, 11) is 0. The van der Waals surface area contributed by atoms with Gasteiger partial charge >= 0.3 is 6.18 Å². The standard InChI is InChI=1S/C15H14F3IN2O/c16-15(17,18)11-3-1-2-10(4-11)5-13(20)9-22-14-6-12(19)7-21-8-14/h1-4,6-8,13H,5,9,20H2/t13-/m0/s1. The van der Waals surface area contributed by atoms with Gasteiger partial charge in [-0.25, -0.2) is 0 Å². The fraction of sp³-hybridized carbons (Fsp3) is 0.267. The van der Waals surface area contributed by atoms with Crippen molar-refractivity contribution < 1.29 is 17.9 Å². The summed E-state index contributed by atoms with van der Waals surface area (Å²) in [6.07, 6.45) is -0.778. The number of pyridine rings is 1. The third-order valence-corrected chi connectivity index (χ3v) is 3.49. The molecule has 0 unspecified atom stereocenters. The van der Waals surface area contributed by atoms with Crippen LogP contribution in [-0.4, -0.2) is 17.6 Å². The molecule has 0 radical (unpaired) electrons. The summed E-state index contributed by atoms with van der Waals surface area (Å²) in [5.74, 6) is 0.589. The average Bonchev–Trinajstić information content (AvgIpc) is 2.45. The van der Waals surface area contributed by atoms with Gasteiger partial charge in [0.15, 0.2) is 0 Å². The van der Waals surface area contributed by atoms with E-state index in [4.69, 9.17) is 10.5 Å². The summed E-state index contributed by atoms with van der Waals surface area (Å²) in [6.45, 7) is 0.206. The van der Waals surface area contributed by atoms with Gasteiger partial charge in [-0.3, -0.25) is 4.98 Å². The Morgan fingerprint density at radius 2 is 2.00 bits per heavy atom. The van der Waals surface area contributed by atoms with Crippen LogP contribution >= 0.6 is 22.6 Å². The Morgan fingerprint density at radius 3 is 2.68 bits per heavy atom. The highest BCUT2D eigenvalue weighted by Crippen LogP contribution is 2.29. The van der Waals surface area contributed by atoms with Gasteiger partial charge in [-0.15, -0.1) is 0 Å². The Kier molecular flexibility index (Phi) is 5.63. The van der Waals surface area contributed by atoms with E-state index in [9.17, 15) is 13.2 Å². The van der Waals surface area contributed by atoms with Crippen LogP contribution < -0.4 is 10.5 Å². The van der Waals surface area contributed by atoms with Crippen molar-refractivity contribution in [2.75, 3.05) is 6.61 Å². The van der Waals surface area contributed by atoms with E-state index in [0.717, 1.165) is 15.7 Å². The molecule has 0 saturated carbocycles. The molecule has 1 atom stereocenters. The normalized spacial score (nSPS) is 13.0. The van der Waals surface area contributed by atoms with Gasteiger partial charge in [0.05, 0.1) is 11.8 Å². The maximum atomic E-state index is 12.6. The van der Waals surface area contributed by atoms with Crippen LogP contribution in [0.1, 0.15) is 11.1 Å². The zero-order valence-corrected chi connectivity index (χ0v) is 13.6. The zero-order valence-electron chi connectivity index (χ0n) is 11.5. The molecule has 1 aromatic heterocycles. The number of halogens is 4. The van der Waals surface area contributed by atoms with Crippen molar-refractivity contribution in [1.29, 1.82) is 0 Å². The molecule has 0 spiro atoms. The highest BCUT2D eigenvalue weighted by atomic mass is 127. The first kappa shape index (κ1) is 17.0. The highest BCUT2D eigenvalue weighted by Gasteiger charge is 2.30. The van der Waals surface area contributed by atoms with E-state index in [1.54, 1.807) is 18.5 Å². The lowest BCUT2D eigenvalue weighted by atomic mass is 10.0. The third kappa shape index (κ3) is 5.13. The molecule has 1 aromatic carbocycles. The van der Waals surface area contributed by atoms with Crippen molar-refractivity contribution in [1.82, 2.24) is 4.98 Å². The number of nitrogens with zero attached hydrogens (tertiary/aromatic N) is 1. The Labute approximate surface area is 139 Å². The largest absolute Gasteiger partial charge is 0.490 e.